The second-order valence-corrected chi connectivity index (χ2v) is 6.42. The van der Waals surface area contributed by atoms with Gasteiger partial charge in [-0.1, -0.05) is 0 Å². The van der Waals surface area contributed by atoms with E-state index in [0.717, 1.165) is 16.2 Å². The van der Waals surface area contributed by atoms with Gasteiger partial charge in [-0.05, 0) is 63.1 Å². The van der Waals surface area contributed by atoms with Crippen LogP contribution in [0.1, 0.15) is 59.5 Å². The third-order valence-corrected chi connectivity index (χ3v) is 4.41. The molecule has 1 heterocycles. The number of benzene rings is 1. The zero-order valence-corrected chi connectivity index (χ0v) is 12.0. The minimum Gasteiger partial charge on any atom is -0.289 e. The molecule has 2 aliphatic rings. The molecule has 20 heavy (non-hydrogen) atoms. The van der Waals surface area contributed by atoms with Crippen LogP contribution < -0.4 is 0 Å². The van der Waals surface area contributed by atoms with Crippen molar-refractivity contribution in [3.8, 4) is 0 Å². The van der Waals surface area contributed by atoms with Gasteiger partial charge in [0, 0.05) is 11.1 Å². The lowest BCUT2D eigenvalue weighted by atomic mass is 9.83. The molecule has 3 rings (SSSR count). The SMILES string of the molecule is CC1(C)c2cc3c(cc2C(C)(C)N1[O])C(=O)C=CC3=O. The lowest BCUT2D eigenvalue weighted by Gasteiger charge is -2.32. The Morgan fingerprint density at radius 2 is 1.15 bits per heavy atom. The van der Waals surface area contributed by atoms with Crippen molar-refractivity contribution in [2.75, 3.05) is 0 Å². The number of ketones is 2. The Morgan fingerprint density at radius 3 is 1.50 bits per heavy atom. The van der Waals surface area contributed by atoms with E-state index in [1.54, 1.807) is 12.1 Å². The Balaban J connectivity index is 2.34. The van der Waals surface area contributed by atoms with Crippen LogP contribution >= 0.6 is 0 Å². The number of allylic oxidation sites excluding steroid dienone is 2. The van der Waals surface area contributed by atoms with E-state index in [1.165, 1.54) is 12.2 Å². The Labute approximate surface area is 117 Å². The van der Waals surface area contributed by atoms with Crippen molar-refractivity contribution in [3.63, 3.8) is 0 Å². The number of hydrogen-bond donors (Lipinski definition) is 0. The van der Waals surface area contributed by atoms with Crippen molar-refractivity contribution in [2.45, 2.75) is 38.8 Å². The van der Waals surface area contributed by atoms with Gasteiger partial charge in [0.1, 0.15) is 0 Å². The van der Waals surface area contributed by atoms with Crippen molar-refractivity contribution in [1.29, 1.82) is 0 Å². The maximum Gasteiger partial charge on any atom is 0.186 e. The number of carbonyl (C=O) groups is 2. The van der Waals surface area contributed by atoms with Gasteiger partial charge in [-0.2, -0.15) is 0 Å². The van der Waals surface area contributed by atoms with Crippen LogP contribution in [0, 0.1) is 0 Å². The van der Waals surface area contributed by atoms with E-state index in [1.807, 2.05) is 27.7 Å². The van der Waals surface area contributed by atoms with Crippen molar-refractivity contribution in [2.24, 2.45) is 0 Å². The van der Waals surface area contributed by atoms with Crippen LogP contribution in [-0.4, -0.2) is 16.6 Å². The number of rotatable bonds is 0. The predicted octanol–water partition coefficient (Wildman–Crippen LogP) is 2.75. The van der Waals surface area contributed by atoms with E-state index in [0.29, 0.717) is 11.1 Å². The van der Waals surface area contributed by atoms with Crippen LogP contribution in [0.3, 0.4) is 0 Å². The van der Waals surface area contributed by atoms with Crippen LogP contribution in [0.5, 0.6) is 0 Å². The van der Waals surface area contributed by atoms with Crippen LogP contribution in [0.4, 0.5) is 0 Å². The average Bonchev–Trinajstić information content (AvgIpc) is 2.52. The molecule has 0 amide bonds. The second-order valence-electron chi connectivity index (χ2n) is 6.42. The molecule has 1 aliphatic carbocycles. The lowest BCUT2D eigenvalue weighted by Crippen LogP contribution is -2.41. The quantitative estimate of drug-likeness (QED) is 0.728. The first-order chi connectivity index (χ1) is 9.17. The second kappa shape index (κ2) is 3.65. The lowest BCUT2D eigenvalue weighted by molar-refractivity contribution is -0.266. The third kappa shape index (κ3) is 1.43. The van der Waals surface area contributed by atoms with Crippen molar-refractivity contribution in [3.05, 3.63) is 46.5 Å². The van der Waals surface area contributed by atoms with Gasteiger partial charge in [0.2, 0.25) is 0 Å². The summed E-state index contributed by atoms with van der Waals surface area (Å²) in [5.74, 6) is -0.360. The highest BCUT2D eigenvalue weighted by molar-refractivity contribution is 6.22. The number of hydrogen-bond acceptors (Lipinski definition) is 3. The molecule has 0 aromatic heterocycles. The van der Waals surface area contributed by atoms with Gasteiger partial charge in [0.15, 0.2) is 11.6 Å². The minimum absolute atomic E-state index is 0.180. The van der Waals surface area contributed by atoms with Crippen LogP contribution in [-0.2, 0) is 16.3 Å². The van der Waals surface area contributed by atoms with Crippen LogP contribution in [0.25, 0.3) is 0 Å². The zero-order valence-electron chi connectivity index (χ0n) is 12.0. The minimum atomic E-state index is -0.710. The van der Waals surface area contributed by atoms with Crippen molar-refractivity contribution >= 4 is 11.6 Å². The fraction of sp³-hybridized carbons (Fsp3) is 0.375. The topological polar surface area (TPSA) is 57.3 Å². The highest BCUT2D eigenvalue weighted by atomic mass is 16.5. The smallest absolute Gasteiger partial charge is 0.186 e. The normalized spacial score (nSPS) is 22.9. The molecule has 1 aromatic carbocycles. The number of hydroxylamine groups is 2. The fourth-order valence-corrected chi connectivity index (χ4v) is 3.27. The van der Waals surface area contributed by atoms with E-state index in [9.17, 15) is 14.8 Å². The summed E-state index contributed by atoms with van der Waals surface area (Å²) in [4.78, 5) is 23.9. The number of fused-ring (bicyclic) bond motifs is 2. The fourth-order valence-electron chi connectivity index (χ4n) is 3.27. The van der Waals surface area contributed by atoms with Crippen molar-refractivity contribution in [1.82, 2.24) is 5.06 Å². The van der Waals surface area contributed by atoms with Gasteiger partial charge in [0.25, 0.3) is 0 Å². The van der Waals surface area contributed by atoms with Gasteiger partial charge in [-0.15, -0.1) is 10.3 Å². The van der Waals surface area contributed by atoms with E-state index >= 15 is 0 Å². The third-order valence-electron chi connectivity index (χ3n) is 4.41. The summed E-state index contributed by atoms with van der Waals surface area (Å²) < 4.78 is 0. The largest absolute Gasteiger partial charge is 0.289 e. The van der Waals surface area contributed by atoms with Gasteiger partial charge < -0.3 is 0 Å². The van der Waals surface area contributed by atoms with Crippen molar-refractivity contribution < 1.29 is 14.8 Å². The Bertz CT molecular complexity index is 626. The zero-order chi connectivity index (χ0) is 14.9. The predicted molar refractivity (Wildman–Crippen MR) is 72.8 cm³/mol. The molecule has 0 unspecified atom stereocenters. The molecule has 0 N–H and O–H groups in total. The first-order valence-electron chi connectivity index (χ1n) is 6.60. The molecule has 0 saturated heterocycles. The van der Waals surface area contributed by atoms with Gasteiger partial charge in [-0.25, -0.2) is 0 Å². The Hall–Kier alpha value is -1.78. The van der Waals surface area contributed by atoms with E-state index in [4.69, 9.17) is 0 Å². The molecule has 0 saturated carbocycles. The molecule has 1 aliphatic heterocycles. The average molecular weight is 270 g/mol. The molecule has 4 heteroatoms. The summed E-state index contributed by atoms with van der Waals surface area (Å²) in [5, 5.41) is 13.6. The number of carbonyl (C=O) groups excluding carboxylic acids is 2. The molecule has 0 bridgehead atoms. The molecule has 0 fully saturated rings. The van der Waals surface area contributed by atoms with Gasteiger partial charge >= 0.3 is 0 Å². The first-order valence-corrected chi connectivity index (χ1v) is 6.60. The van der Waals surface area contributed by atoms with E-state index < -0.39 is 11.1 Å². The summed E-state index contributed by atoms with van der Waals surface area (Å²) >= 11 is 0. The van der Waals surface area contributed by atoms with Gasteiger partial charge in [-0.3, -0.25) is 9.59 Å². The summed E-state index contributed by atoms with van der Waals surface area (Å²) in [5.41, 5.74) is 1.03. The molecular formula is C16H16NO3. The maximum atomic E-state index is 12.5. The van der Waals surface area contributed by atoms with Crippen LogP contribution in [0.2, 0.25) is 0 Å². The highest BCUT2D eigenvalue weighted by Gasteiger charge is 2.50. The summed E-state index contributed by atoms with van der Waals surface area (Å²) in [6.45, 7) is 7.35. The Kier molecular flexibility index (Phi) is 2.41. The molecular weight excluding hydrogens is 254 g/mol. The monoisotopic (exact) mass is 270 g/mol. The molecule has 0 spiro atoms. The molecule has 1 radical (unpaired) electrons. The van der Waals surface area contributed by atoms with Crippen LogP contribution in [0.15, 0.2) is 24.3 Å². The first kappa shape index (κ1) is 13.2. The number of nitrogens with zero attached hydrogens (tertiary/aromatic N) is 1. The summed E-state index contributed by atoms with van der Waals surface area (Å²) in [6, 6.07) is 3.43. The highest BCUT2D eigenvalue weighted by Crippen LogP contribution is 2.49. The standard InChI is InChI=1S/C16H16NO3/c1-15(2)11-7-9-10(14(19)6-5-13(9)18)8-12(11)16(3,4)17(15)20/h5-8H,1-4H3. The van der Waals surface area contributed by atoms with E-state index in [2.05, 4.69) is 0 Å². The molecule has 1 aromatic rings. The van der Waals surface area contributed by atoms with Gasteiger partial charge in [0.05, 0.1) is 11.1 Å². The molecule has 4 nitrogen and oxygen atoms in total. The summed E-state index contributed by atoms with van der Waals surface area (Å²) in [7, 11) is 0. The Morgan fingerprint density at radius 1 is 0.800 bits per heavy atom. The molecule has 0 atom stereocenters. The molecule has 103 valence electrons. The summed E-state index contributed by atoms with van der Waals surface area (Å²) in [6.07, 6.45) is 2.58. The maximum absolute atomic E-state index is 12.5. The van der Waals surface area contributed by atoms with E-state index in [-0.39, 0.29) is 11.6 Å².